The van der Waals surface area contributed by atoms with E-state index in [4.69, 9.17) is 9.26 Å². The van der Waals surface area contributed by atoms with Crippen molar-refractivity contribution in [1.82, 2.24) is 10.1 Å². The number of nitrogens with one attached hydrogen (secondary N) is 1. The van der Waals surface area contributed by atoms with E-state index in [9.17, 15) is 4.79 Å². The summed E-state index contributed by atoms with van der Waals surface area (Å²) in [6.45, 7) is 4.03. The fraction of sp³-hybridized carbons (Fsp3) is 0.286. The summed E-state index contributed by atoms with van der Waals surface area (Å²) in [5.74, 6) is 1.82. The fourth-order valence-electron chi connectivity index (χ4n) is 2.71. The smallest absolute Gasteiger partial charge is 0.226 e. The Morgan fingerprint density at radius 1 is 1.15 bits per heavy atom. The van der Waals surface area contributed by atoms with Crippen LogP contribution >= 0.6 is 0 Å². The first-order valence-electron chi connectivity index (χ1n) is 8.90. The van der Waals surface area contributed by atoms with Crippen LogP contribution in [-0.2, 0) is 11.2 Å². The molecule has 0 fully saturated rings. The summed E-state index contributed by atoms with van der Waals surface area (Å²) < 4.78 is 10.4. The zero-order valence-electron chi connectivity index (χ0n) is 15.8. The summed E-state index contributed by atoms with van der Waals surface area (Å²) in [7, 11) is 1.62. The number of carbonyl (C=O) groups excluding carboxylic acids is 1. The summed E-state index contributed by atoms with van der Waals surface area (Å²) >= 11 is 0. The van der Waals surface area contributed by atoms with E-state index in [2.05, 4.69) is 15.5 Å². The van der Waals surface area contributed by atoms with Crippen LogP contribution < -0.4 is 10.1 Å². The van der Waals surface area contributed by atoms with Gasteiger partial charge in [-0.05, 0) is 61.7 Å². The number of nitrogens with zero attached hydrogens (tertiary/aromatic N) is 2. The van der Waals surface area contributed by atoms with Gasteiger partial charge in [-0.3, -0.25) is 4.79 Å². The lowest BCUT2D eigenvalue weighted by Crippen LogP contribution is -2.12. The Morgan fingerprint density at radius 3 is 2.67 bits per heavy atom. The number of benzene rings is 2. The van der Waals surface area contributed by atoms with Crippen molar-refractivity contribution in [3.63, 3.8) is 0 Å². The predicted octanol–water partition coefficient (Wildman–Crippen LogP) is 4.32. The van der Waals surface area contributed by atoms with Crippen molar-refractivity contribution in [2.45, 2.75) is 33.1 Å². The molecule has 0 bridgehead atoms. The van der Waals surface area contributed by atoms with Gasteiger partial charge in [-0.25, -0.2) is 0 Å². The van der Waals surface area contributed by atoms with E-state index in [1.807, 2.05) is 56.3 Å². The van der Waals surface area contributed by atoms with Crippen LogP contribution in [0.1, 0.15) is 29.9 Å². The van der Waals surface area contributed by atoms with Crippen molar-refractivity contribution in [2.75, 3.05) is 12.4 Å². The summed E-state index contributed by atoms with van der Waals surface area (Å²) in [6, 6.07) is 13.3. The Kier molecular flexibility index (Phi) is 5.86. The standard InChI is InChI=1S/C21H23N3O3/c1-14-6-4-7-18(15(14)2)22-19(25)8-5-9-20-23-21(24-27-20)16-10-12-17(26-3)13-11-16/h4,6-7,10-13H,5,8-9H2,1-3H3,(H,22,25). The molecule has 6 heteroatoms. The van der Waals surface area contributed by atoms with Crippen LogP contribution in [0.4, 0.5) is 5.69 Å². The van der Waals surface area contributed by atoms with Crippen molar-refractivity contribution in [3.05, 3.63) is 59.5 Å². The minimum atomic E-state index is -0.0152. The monoisotopic (exact) mass is 365 g/mol. The second kappa shape index (κ2) is 8.49. The number of ether oxygens (including phenoxy) is 1. The molecule has 0 unspecified atom stereocenters. The zero-order valence-corrected chi connectivity index (χ0v) is 15.8. The first-order valence-corrected chi connectivity index (χ1v) is 8.90. The maximum absolute atomic E-state index is 12.2. The third-order valence-corrected chi connectivity index (χ3v) is 4.49. The van der Waals surface area contributed by atoms with Gasteiger partial charge in [-0.2, -0.15) is 4.98 Å². The van der Waals surface area contributed by atoms with Crippen LogP contribution in [-0.4, -0.2) is 23.2 Å². The van der Waals surface area contributed by atoms with Crippen LogP contribution in [0.25, 0.3) is 11.4 Å². The zero-order chi connectivity index (χ0) is 19.2. The van der Waals surface area contributed by atoms with E-state index in [1.165, 1.54) is 0 Å². The number of amides is 1. The number of hydrogen-bond donors (Lipinski definition) is 1. The van der Waals surface area contributed by atoms with Crippen LogP contribution in [0.15, 0.2) is 47.0 Å². The molecule has 1 amide bonds. The summed E-state index contributed by atoms with van der Waals surface area (Å²) in [5.41, 5.74) is 3.97. The largest absolute Gasteiger partial charge is 0.497 e. The maximum atomic E-state index is 12.2. The summed E-state index contributed by atoms with van der Waals surface area (Å²) in [6.07, 6.45) is 1.60. The highest BCUT2D eigenvalue weighted by Gasteiger charge is 2.11. The average Bonchev–Trinajstić information content (AvgIpc) is 3.14. The van der Waals surface area contributed by atoms with Crippen LogP contribution in [0.2, 0.25) is 0 Å². The number of anilines is 1. The summed E-state index contributed by atoms with van der Waals surface area (Å²) in [4.78, 5) is 16.6. The Labute approximate surface area is 158 Å². The number of hydrogen-bond acceptors (Lipinski definition) is 5. The molecule has 2 aromatic carbocycles. The molecule has 0 saturated heterocycles. The van der Waals surface area contributed by atoms with Crippen molar-refractivity contribution < 1.29 is 14.1 Å². The van der Waals surface area contributed by atoms with E-state index in [-0.39, 0.29) is 5.91 Å². The Morgan fingerprint density at radius 2 is 1.93 bits per heavy atom. The predicted molar refractivity (Wildman–Crippen MR) is 104 cm³/mol. The van der Waals surface area contributed by atoms with Crippen molar-refractivity contribution in [2.24, 2.45) is 0 Å². The topological polar surface area (TPSA) is 77.2 Å². The second-order valence-electron chi connectivity index (χ2n) is 6.39. The molecule has 1 heterocycles. The molecule has 0 aliphatic carbocycles. The van der Waals surface area contributed by atoms with Gasteiger partial charge in [0.15, 0.2) is 0 Å². The van der Waals surface area contributed by atoms with Crippen molar-refractivity contribution in [1.29, 1.82) is 0 Å². The second-order valence-corrected chi connectivity index (χ2v) is 6.39. The van der Waals surface area contributed by atoms with E-state index in [0.717, 1.165) is 28.1 Å². The number of methoxy groups -OCH3 is 1. The molecule has 1 N–H and O–H groups in total. The van der Waals surface area contributed by atoms with Gasteiger partial charge in [0.2, 0.25) is 17.6 Å². The maximum Gasteiger partial charge on any atom is 0.226 e. The lowest BCUT2D eigenvalue weighted by atomic mass is 10.1. The number of aromatic nitrogens is 2. The van der Waals surface area contributed by atoms with E-state index in [1.54, 1.807) is 7.11 Å². The molecule has 6 nitrogen and oxygen atoms in total. The number of carbonyl (C=O) groups is 1. The first kappa shape index (κ1) is 18.6. The summed E-state index contributed by atoms with van der Waals surface area (Å²) in [5, 5.41) is 6.96. The lowest BCUT2D eigenvalue weighted by Gasteiger charge is -2.09. The van der Waals surface area contributed by atoms with E-state index < -0.39 is 0 Å². The molecule has 3 aromatic rings. The van der Waals surface area contributed by atoms with Gasteiger partial charge in [0.1, 0.15) is 5.75 Å². The normalized spacial score (nSPS) is 10.6. The molecule has 0 aliphatic rings. The van der Waals surface area contributed by atoms with Crippen LogP contribution in [0, 0.1) is 13.8 Å². The molecule has 140 valence electrons. The Hall–Kier alpha value is -3.15. The molecule has 0 spiro atoms. The SMILES string of the molecule is COc1ccc(-c2noc(CCCC(=O)Nc3cccc(C)c3C)n2)cc1. The number of aryl methyl sites for hydroxylation is 2. The van der Waals surface area contributed by atoms with Gasteiger partial charge in [-0.15, -0.1) is 0 Å². The van der Waals surface area contributed by atoms with Crippen molar-refractivity contribution >= 4 is 11.6 Å². The average molecular weight is 365 g/mol. The minimum Gasteiger partial charge on any atom is -0.497 e. The Balaban J connectivity index is 1.51. The first-order chi connectivity index (χ1) is 13.1. The molecule has 27 heavy (non-hydrogen) atoms. The van der Waals surface area contributed by atoms with Crippen molar-refractivity contribution in [3.8, 4) is 17.1 Å². The highest BCUT2D eigenvalue weighted by atomic mass is 16.5. The number of rotatable bonds is 7. The molecule has 0 atom stereocenters. The molecule has 0 saturated carbocycles. The molecule has 0 radical (unpaired) electrons. The van der Waals surface area contributed by atoms with Gasteiger partial charge in [0.25, 0.3) is 0 Å². The molecular weight excluding hydrogens is 342 g/mol. The Bertz CT molecular complexity index is 917. The van der Waals surface area contributed by atoms with Gasteiger partial charge in [-0.1, -0.05) is 17.3 Å². The van der Waals surface area contributed by atoms with Gasteiger partial charge < -0.3 is 14.6 Å². The van der Waals surface area contributed by atoms with Crippen LogP contribution in [0.5, 0.6) is 5.75 Å². The molecular formula is C21H23N3O3. The van der Waals surface area contributed by atoms with Crippen LogP contribution in [0.3, 0.4) is 0 Å². The van der Waals surface area contributed by atoms with E-state index >= 15 is 0 Å². The molecule has 0 aliphatic heterocycles. The van der Waals surface area contributed by atoms with Gasteiger partial charge in [0, 0.05) is 24.1 Å². The highest BCUT2D eigenvalue weighted by molar-refractivity contribution is 5.91. The quantitative estimate of drug-likeness (QED) is 0.674. The highest BCUT2D eigenvalue weighted by Crippen LogP contribution is 2.21. The fourth-order valence-corrected chi connectivity index (χ4v) is 2.71. The van der Waals surface area contributed by atoms with E-state index in [0.29, 0.717) is 31.0 Å². The lowest BCUT2D eigenvalue weighted by molar-refractivity contribution is -0.116. The minimum absolute atomic E-state index is 0.0152. The molecule has 1 aromatic heterocycles. The third kappa shape index (κ3) is 4.73. The molecule has 3 rings (SSSR count). The van der Waals surface area contributed by atoms with Gasteiger partial charge >= 0.3 is 0 Å². The third-order valence-electron chi connectivity index (χ3n) is 4.49. The van der Waals surface area contributed by atoms with Gasteiger partial charge in [0.05, 0.1) is 7.11 Å².